The number of fused-ring (bicyclic) bond motifs is 8. The number of urea groups is 1. The highest BCUT2D eigenvalue weighted by molar-refractivity contribution is 5.89. The van der Waals surface area contributed by atoms with Crippen molar-refractivity contribution in [2.24, 2.45) is 0 Å². The standard InChI is InChI=1S/C28H28N8O3/c1-38-25-5-2-4-21(16-25)32-28(37)34-12-3-13-35-19-22(17-30-35)31-27-29-18-23-8-11-26(36(23)33-27)20-6-9-24(10-7-20)39-15-14-34/h2,4-11,16-19H,3,12-15H2,1H3,(H,31,33)(H,32,37). The van der Waals surface area contributed by atoms with Crippen LogP contribution in [-0.4, -0.2) is 62.1 Å². The number of nitrogens with one attached hydrogen (secondary N) is 2. The van der Waals surface area contributed by atoms with Gasteiger partial charge in [-0.15, -0.1) is 5.10 Å². The normalized spacial score (nSPS) is 13.7. The molecule has 0 spiro atoms. The van der Waals surface area contributed by atoms with Crippen LogP contribution in [0.15, 0.2) is 79.3 Å². The van der Waals surface area contributed by atoms with Crippen LogP contribution in [0.1, 0.15) is 6.42 Å². The Labute approximate surface area is 225 Å². The fourth-order valence-electron chi connectivity index (χ4n) is 4.49. The van der Waals surface area contributed by atoms with Crippen LogP contribution in [0.25, 0.3) is 16.8 Å². The zero-order valence-electron chi connectivity index (χ0n) is 21.4. The number of ether oxygens (including phenoxy) is 2. The Bertz CT molecular complexity index is 1590. The molecule has 11 nitrogen and oxygen atoms in total. The van der Waals surface area contributed by atoms with E-state index in [9.17, 15) is 4.79 Å². The predicted octanol–water partition coefficient (Wildman–Crippen LogP) is 4.66. The minimum Gasteiger partial charge on any atom is -0.497 e. The largest absolute Gasteiger partial charge is 0.497 e. The lowest BCUT2D eigenvalue weighted by atomic mass is 10.1. The molecular weight excluding hydrogens is 496 g/mol. The van der Waals surface area contributed by atoms with Crippen molar-refractivity contribution in [2.75, 3.05) is 37.4 Å². The molecule has 2 N–H and O–H groups in total. The zero-order valence-corrected chi connectivity index (χ0v) is 21.4. The minimum absolute atomic E-state index is 0.204. The van der Waals surface area contributed by atoms with Crippen molar-refractivity contribution in [3.8, 4) is 22.8 Å². The van der Waals surface area contributed by atoms with Crippen molar-refractivity contribution in [1.82, 2.24) is 29.3 Å². The lowest BCUT2D eigenvalue weighted by Gasteiger charge is -2.23. The molecule has 2 aliphatic rings. The van der Waals surface area contributed by atoms with Gasteiger partial charge in [0.25, 0.3) is 0 Å². The molecule has 0 unspecified atom stereocenters. The number of carbonyl (C=O) groups is 1. The SMILES string of the molecule is COc1cccc(NC(=O)N2CCCn3cc(cn3)Nc3ncc4ccc(n4n3)-c3ccc(cc3)OCC2)c1. The summed E-state index contributed by atoms with van der Waals surface area (Å²) in [4.78, 5) is 19.4. The molecule has 0 saturated heterocycles. The lowest BCUT2D eigenvalue weighted by Crippen LogP contribution is -2.39. The van der Waals surface area contributed by atoms with E-state index in [0.29, 0.717) is 50.0 Å². The van der Waals surface area contributed by atoms with Crippen molar-refractivity contribution in [2.45, 2.75) is 13.0 Å². The Kier molecular flexibility index (Phi) is 6.69. The smallest absolute Gasteiger partial charge is 0.321 e. The maximum Gasteiger partial charge on any atom is 0.321 e. The number of aryl methyl sites for hydroxylation is 1. The van der Waals surface area contributed by atoms with Crippen molar-refractivity contribution in [3.05, 3.63) is 79.3 Å². The van der Waals surface area contributed by atoms with E-state index < -0.39 is 0 Å². The maximum atomic E-state index is 13.2. The summed E-state index contributed by atoms with van der Waals surface area (Å²) in [7, 11) is 1.60. The summed E-state index contributed by atoms with van der Waals surface area (Å²) in [6.07, 6.45) is 6.13. The molecule has 0 radical (unpaired) electrons. The lowest BCUT2D eigenvalue weighted by molar-refractivity contribution is 0.192. The van der Waals surface area contributed by atoms with Crippen LogP contribution >= 0.6 is 0 Å². The van der Waals surface area contributed by atoms with Crippen LogP contribution < -0.4 is 20.1 Å². The number of methoxy groups -OCH3 is 1. The highest BCUT2D eigenvalue weighted by Gasteiger charge is 2.15. The molecule has 0 fully saturated rings. The number of rotatable bonds is 2. The number of anilines is 3. The summed E-state index contributed by atoms with van der Waals surface area (Å²) in [6, 6.07) is 18.9. The van der Waals surface area contributed by atoms with Gasteiger partial charge in [-0.3, -0.25) is 4.68 Å². The van der Waals surface area contributed by atoms with E-state index in [1.54, 1.807) is 30.5 Å². The summed E-state index contributed by atoms with van der Waals surface area (Å²) < 4.78 is 15.0. The first-order valence-electron chi connectivity index (χ1n) is 12.7. The van der Waals surface area contributed by atoms with Crippen LogP contribution in [0, 0.1) is 0 Å². The van der Waals surface area contributed by atoms with Gasteiger partial charge in [-0.2, -0.15) is 5.10 Å². The van der Waals surface area contributed by atoms with E-state index in [4.69, 9.17) is 9.47 Å². The molecule has 198 valence electrons. The van der Waals surface area contributed by atoms with Gasteiger partial charge in [0, 0.05) is 36.6 Å². The third kappa shape index (κ3) is 5.47. The molecule has 39 heavy (non-hydrogen) atoms. The molecule has 2 amide bonds. The third-order valence-corrected chi connectivity index (χ3v) is 6.49. The Morgan fingerprint density at radius 2 is 1.95 bits per heavy atom. The average molecular weight is 525 g/mol. The highest BCUT2D eigenvalue weighted by atomic mass is 16.5. The number of hydrogen-bond acceptors (Lipinski definition) is 7. The molecule has 3 aromatic heterocycles. The van der Waals surface area contributed by atoms with E-state index in [0.717, 1.165) is 28.2 Å². The van der Waals surface area contributed by atoms with Crippen LogP contribution in [0.4, 0.5) is 22.1 Å². The predicted molar refractivity (Wildman–Crippen MR) is 148 cm³/mol. The molecule has 11 heteroatoms. The van der Waals surface area contributed by atoms with Gasteiger partial charge in [0.05, 0.1) is 42.9 Å². The number of hydrogen-bond donors (Lipinski definition) is 2. The maximum absolute atomic E-state index is 13.2. The summed E-state index contributed by atoms with van der Waals surface area (Å²) in [6.45, 7) is 1.93. The molecule has 6 bridgehead atoms. The zero-order chi connectivity index (χ0) is 26.6. The van der Waals surface area contributed by atoms with Gasteiger partial charge in [0.2, 0.25) is 5.95 Å². The topological polar surface area (TPSA) is 111 Å². The number of benzene rings is 2. The van der Waals surface area contributed by atoms with Crippen LogP contribution in [0.3, 0.4) is 0 Å². The van der Waals surface area contributed by atoms with E-state index >= 15 is 0 Å². The van der Waals surface area contributed by atoms with Gasteiger partial charge in [0.1, 0.15) is 18.1 Å². The van der Waals surface area contributed by atoms with Crippen LogP contribution in [-0.2, 0) is 6.54 Å². The first-order valence-corrected chi connectivity index (χ1v) is 12.7. The third-order valence-electron chi connectivity index (χ3n) is 6.49. The first kappa shape index (κ1) is 24.3. The van der Waals surface area contributed by atoms with Gasteiger partial charge >= 0.3 is 6.03 Å². The number of aromatic nitrogens is 5. The van der Waals surface area contributed by atoms with E-state index in [2.05, 4.69) is 25.8 Å². The molecule has 2 aliphatic heterocycles. The summed E-state index contributed by atoms with van der Waals surface area (Å²) in [5.74, 6) is 1.88. The summed E-state index contributed by atoms with van der Waals surface area (Å²) in [5.41, 5.74) is 4.28. The average Bonchev–Trinajstić information content (AvgIpc) is 3.59. The number of carbonyl (C=O) groups excluding carboxylic acids is 1. The molecule has 0 atom stereocenters. The van der Waals surface area contributed by atoms with Crippen LogP contribution in [0.5, 0.6) is 11.5 Å². The molecule has 0 saturated carbocycles. The molecular formula is C28H28N8O3. The molecule has 0 aliphatic carbocycles. The van der Waals surface area contributed by atoms with Crippen molar-refractivity contribution < 1.29 is 14.3 Å². The van der Waals surface area contributed by atoms with Crippen LogP contribution in [0.2, 0.25) is 0 Å². The van der Waals surface area contributed by atoms with E-state index in [1.807, 2.05) is 70.0 Å². The fourth-order valence-corrected chi connectivity index (χ4v) is 4.49. The Balaban J connectivity index is 1.25. The van der Waals surface area contributed by atoms with E-state index in [-0.39, 0.29) is 6.03 Å². The van der Waals surface area contributed by atoms with Crippen molar-refractivity contribution in [1.29, 1.82) is 0 Å². The molecule has 5 heterocycles. The van der Waals surface area contributed by atoms with Gasteiger partial charge in [-0.25, -0.2) is 14.3 Å². The van der Waals surface area contributed by atoms with Crippen molar-refractivity contribution in [3.63, 3.8) is 0 Å². The van der Waals surface area contributed by atoms with Gasteiger partial charge in [-0.05, 0) is 55.0 Å². The monoisotopic (exact) mass is 524 g/mol. The summed E-state index contributed by atoms with van der Waals surface area (Å²) >= 11 is 0. The molecule has 5 aromatic rings. The Hall–Kier alpha value is -5.06. The molecule has 2 aromatic carbocycles. The number of nitrogens with zero attached hydrogens (tertiary/aromatic N) is 6. The molecule has 7 rings (SSSR count). The van der Waals surface area contributed by atoms with Gasteiger partial charge in [0.15, 0.2) is 0 Å². The minimum atomic E-state index is -0.204. The van der Waals surface area contributed by atoms with Gasteiger partial charge < -0.3 is 25.0 Å². The fraction of sp³-hybridized carbons (Fsp3) is 0.214. The quantitative estimate of drug-likeness (QED) is 0.346. The number of amides is 2. The second kappa shape index (κ2) is 10.7. The summed E-state index contributed by atoms with van der Waals surface area (Å²) in [5, 5.41) is 15.3. The van der Waals surface area contributed by atoms with Crippen molar-refractivity contribution >= 4 is 28.9 Å². The first-order chi connectivity index (χ1) is 19.1. The second-order valence-electron chi connectivity index (χ2n) is 9.13. The Morgan fingerprint density at radius 3 is 2.82 bits per heavy atom. The Morgan fingerprint density at radius 1 is 1.05 bits per heavy atom. The van der Waals surface area contributed by atoms with E-state index in [1.165, 1.54) is 0 Å². The second-order valence-corrected chi connectivity index (χ2v) is 9.13. The van der Waals surface area contributed by atoms with Gasteiger partial charge in [-0.1, -0.05) is 6.07 Å². The highest BCUT2D eigenvalue weighted by Crippen LogP contribution is 2.25.